The van der Waals surface area contributed by atoms with Gasteiger partial charge in [-0.25, -0.2) is 4.98 Å². The molecule has 1 fully saturated rings. The molecule has 0 spiro atoms. The minimum absolute atomic E-state index is 0.0223. The lowest BCUT2D eigenvalue weighted by Crippen LogP contribution is -2.30. The largest absolute Gasteiger partial charge is 0.488 e. The van der Waals surface area contributed by atoms with E-state index in [1.54, 1.807) is 18.5 Å². The van der Waals surface area contributed by atoms with Gasteiger partial charge in [-0.3, -0.25) is 9.78 Å². The summed E-state index contributed by atoms with van der Waals surface area (Å²) in [5, 5.41) is 10.3. The van der Waals surface area contributed by atoms with Gasteiger partial charge in [-0.05, 0) is 35.9 Å². The summed E-state index contributed by atoms with van der Waals surface area (Å²) in [6, 6.07) is 11.6. The quantitative estimate of drug-likeness (QED) is 0.648. The van der Waals surface area contributed by atoms with E-state index in [4.69, 9.17) is 9.47 Å². The van der Waals surface area contributed by atoms with Crippen molar-refractivity contribution < 1.29 is 14.3 Å². The molecule has 0 aliphatic carbocycles. The topological polar surface area (TPSA) is 88.3 Å². The fraction of sp³-hybridized carbons (Fsp3) is 0.304. The minimum atomic E-state index is -0.0223. The zero-order valence-corrected chi connectivity index (χ0v) is 17.0. The van der Waals surface area contributed by atoms with Crippen LogP contribution in [0.25, 0.3) is 22.0 Å². The molecule has 3 aromatic rings. The van der Waals surface area contributed by atoms with E-state index in [1.807, 2.05) is 36.1 Å². The maximum absolute atomic E-state index is 11.9. The summed E-state index contributed by atoms with van der Waals surface area (Å²) in [6.45, 7) is 3.21. The summed E-state index contributed by atoms with van der Waals surface area (Å²) in [4.78, 5) is 22.5. The summed E-state index contributed by atoms with van der Waals surface area (Å²) in [5.41, 5.74) is 2.91. The summed E-state index contributed by atoms with van der Waals surface area (Å²) in [5.74, 6) is 1.19. The van der Waals surface area contributed by atoms with Crippen LogP contribution >= 0.6 is 0 Å². The Morgan fingerprint density at radius 1 is 1.30 bits per heavy atom. The number of nitrogens with zero attached hydrogens (tertiary/aromatic N) is 4. The van der Waals surface area contributed by atoms with Crippen LogP contribution in [0.15, 0.2) is 42.7 Å². The van der Waals surface area contributed by atoms with Gasteiger partial charge in [0.25, 0.3) is 0 Å². The molecule has 7 nitrogen and oxygen atoms in total. The third kappa shape index (κ3) is 3.77. The number of rotatable bonds is 5. The molecule has 1 aliphatic heterocycles. The second kappa shape index (κ2) is 8.37. The van der Waals surface area contributed by atoms with E-state index in [2.05, 4.69) is 16.0 Å². The second-order valence-corrected chi connectivity index (χ2v) is 7.15. The number of ether oxygens (including phenoxy) is 2. The predicted molar refractivity (Wildman–Crippen MR) is 112 cm³/mol. The van der Waals surface area contributed by atoms with Crippen LogP contribution in [-0.2, 0) is 4.79 Å². The lowest BCUT2D eigenvalue weighted by Gasteiger charge is -2.17. The van der Waals surface area contributed by atoms with Gasteiger partial charge in [-0.15, -0.1) is 0 Å². The Bertz CT molecular complexity index is 1140. The van der Waals surface area contributed by atoms with Crippen LogP contribution in [-0.4, -0.2) is 47.1 Å². The molecule has 1 amide bonds. The SMILES string of the molecule is CCC(=O)N1CCC(Oc2ccc3nccc(-c4cnc(OC)c(C#N)c4)c3c2)C1. The zero-order chi connectivity index (χ0) is 21.1. The second-order valence-electron chi connectivity index (χ2n) is 7.15. The number of nitriles is 1. The van der Waals surface area contributed by atoms with Crippen LogP contribution in [0, 0.1) is 11.3 Å². The Hall–Kier alpha value is -3.66. The molecule has 1 atom stereocenters. The minimum Gasteiger partial charge on any atom is -0.488 e. The Labute approximate surface area is 174 Å². The van der Waals surface area contributed by atoms with Crippen LogP contribution in [0.2, 0.25) is 0 Å². The molecule has 0 bridgehead atoms. The van der Waals surface area contributed by atoms with Crippen molar-refractivity contribution in [3.05, 3.63) is 48.3 Å². The number of benzene rings is 1. The van der Waals surface area contributed by atoms with E-state index >= 15 is 0 Å². The Morgan fingerprint density at radius 3 is 2.93 bits per heavy atom. The molecule has 0 saturated carbocycles. The Balaban J connectivity index is 1.65. The highest BCUT2D eigenvalue weighted by molar-refractivity contribution is 5.95. The number of pyridine rings is 2. The third-order valence-corrected chi connectivity index (χ3v) is 5.29. The van der Waals surface area contributed by atoms with Crippen molar-refractivity contribution in [3.8, 4) is 28.8 Å². The van der Waals surface area contributed by atoms with Crippen molar-refractivity contribution in [2.24, 2.45) is 0 Å². The molecule has 0 N–H and O–H groups in total. The van der Waals surface area contributed by atoms with Crippen molar-refractivity contribution in [2.75, 3.05) is 20.2 Å². The van der Waals surface area contributed by atoms with Gasteiger partial charge >= 0.3 is 0 Å². The summed E-state index contributed by atoms with van der Waals surface area (Å²) < 4.78 is 11.3. The third-order valence-electron chi connectivity index (χ3n) is 5.29. The normalized spacial score (nSPS) is 15.8. The van der Waals surface area contributed by atoms with Gasteiger partial charge in [0, 0.05) is 42.7 Å². The first kappa shape index (κ1) is 19.6. The average Bonchev–Trinajstić information content (AvgIpc) is 3.26. The van der Waals surface area contributed by atoms with Crippen LogP contribution in [0.5, 0.6) is 11.6 Å². The van der Waals surface area contributed by atoms with Crippen molar-refractivity contribution in [1.29, 1.82) is 5.26 Å². The van der Waals surface area contributed by atoms with Gasteiger partial charge < -0.3 is 14.4 Å². The van der Waals surface area contributed by atoms with E-state index in [-0.39, 0.29) is 12.0 Å². The fourth-order valence-corrected chi connectivity index (χ4v) is 3.76. The summed E-state index contributed by atoms with van der Waals surface area (Å²) >= 11 is 0. The van der Waals surface area contributed by atoms with Gasteiger partial charge in [0.05, 0.1) is 19.2 Å². The zero-order valence-electron chi connectivity index (χ0n) is 17.0. The highest BCUT2D eigenvalue weighted by atomic mass is 16.5. The number of aromatic nitrogens is 2. The lowest BCUT2D eigenvalue weighted by atomic mass is 10.0. The number of hydrogen-bond donors (Lipinski definition) is 0. The van der Waals surface area contributed by atoms with Gasteiger partial charge in [-0.1, -0.05) is 6.92 Å². The van der Waals surface area contributed by atoms with Crippen LogP contribution in [0.3, 0.4) is 0 Å². The van der Waals surface area contributed by atoms with Crippen LogP contribution < -0.4 is 9.47 Å². The van der Waals surface area contributed by atoms with Gasteiger partial charge in [0.2, 0.25) is 11.8 Å². The molecule has 152 valence electrons. The molecular formula is C23H22N4O3. The number of likely N-dealkylation sites (tertiary alicyclic amines) is 1. The van der Waals surface area contributed by atoms with E-state index in [1.165, 1.54) is 7.11 Å². The number of amides is 1. The molecule has 1 aliphatic rings. The lowest BCUT2D eigenvalue weighted by molar-refractivity contribution is -0.130. The van der Waals surface area contributed by atoms with E-state index < -0.39 is 0 Å². The number of carbonyl (C=O) groups excluding carboxylic acids is 1. The maximum Gasteiger partial charge on any atom is 0.231 e. The fourth-order valence-electron chi connectivity index (χ4n) is 3.76. The number of methoxy groups -OCH3 is 1. The Kier molecular flexibility index (Phi) is 5.48. The number of carbonyl (C=O) groups is 1. The maximum atomic E-state index is 11.9. The number of fused-ring (bicyclic) bond motifs is 1. The average molecular weight is 402 g/mol. The van der Waals surface area contributed by atoms with Gasteiger partial charge in [-0.2, -0.15) is 5.26 Å². The van der Waals surface area contributed by atoms with E-state index in [9.17, 15) is 10.1 Å². The van der Waals surface area contributed by atoms with Crippen LogP contribution in [0.1, 0.15) is 25.3 Å². The molecule has 2 aromatic heterocycles. The van der Waals surface area contributed by atoms with E-state index in [0.29, 0.717) is 24.4 Å². The molecule has 1 unspecified atom stereocenters. The molecule has 3 heterocycles. The monoisotopic (exact) mass is 402 g/mol. The first-order valence-electron chi connectivity index (χ1n) is 9.90. The highest BCUT2D eigenvalue weighted by Gasteiger charge is 2.26. The van der Waals surface area contributed by atoms with Gasteiger partial charge in [0.15, 0.2) is 0 Å². The van der Waals surface area contributed by atoms with Crippen molar-refractivity contribution in [2.45, 2.75) is 25.9 Å². The molecular weight excluding hydrogens is 380 g/mol. The summed E-state index contributed by atoms with van der Waals surface area (Å²) in [6.07, 6.45) is 4.73. The first-order valence-corrected chi connectivity index (χ1v) is 9.90. The molecule has 1 saturated heterocycles. The molecule has 0 radical (unpaired) electrons. The molecule has 30 heavy (non-hydrogen) atoms. The standard InChI is InChI=1S/C23H22N4O3/c1-3-22(28)27-9-7-18(14-27)30-17-4-5-21-20(11-17)19(6-8-25-21)16-10-15(12-24)23(29-2)26-13-16/h4-6,8,10-11,13,18H,3,7,9,14H2,1-2H3. The highest BCUT2D eigenvalue weighted by Crippen LogP contribution is 2.32. The molecule has 1 aromatic carbocycles. The van der Waals surface area contributed by atoms with Crippen LogP contribution in [0.4, 0.5) is 0 Å². The summed E-state index contributed by atoms with van der Waals surface area (Å²) in [7, 11) is 1.49. The Morgan fingerprint density at radius 2 is 2.17 bits per heavy atom. The smallest absolute Gasteiger partial charge is 0.231 e. The van der Waals surface area contributed by atoms with Crippen molar-refractivity contribution in [1.82, 2.24) is 14.9 Å². The molecule has 7 heteroatoms. The molecule has 4 rings (SSSR count). The predicted octanol–water partition coefficient (Wildman–Crippen LogP) is 3.57. The number of hydrogen-bond acceptors (Lipinski definition) is 6. The van der Waals surface area contributed by atoms with Gasteiger partial charge in [0.1, 0.15) is 23.5 Å². The van der Waals surface area contributed by atoms with Crippen molar-refractivity contribution >= 4 is 16.8 Å². The van der Waals surface area contributed by atoms with Crippen molar-refractivity contribution in [3.63, 3.8) is 0 Å². The van der Waals surface area contributed by atoms with E-state index in [0.717, 1.165) is 40.7 Å². The first-order chi connectivity index (χ1) is 14.6.